The Morgan fingerprint density at radius 3 is 2.93 bits per heavy atom. The van der Waals surface area contributed by atoms with Crippen LogP contribution in [0.5, 0.6) is 0 Å². The summed E-state index contributed by atoms with van der Waals surface area (Å²) in [5.74, 6) is 0.361. The van der Waals surface area contributed by atoms with Crippen LogP contribution in [-0.4, -0.2) is 52.9 Å². The van der Waals surface area contributed by atoms with Crippen LogP contribution in [0.2, 0.25) is 5.02 Å². The molecule has 0 aliphatic carbocycles. The van der Waals surface area contributed by atoms with Crippen LogP contribution in [-0.2, 0) is 16.1 Å². The number of nitrogens with one attached hydrogen (secondary N) is 1. The maximum Gasteiger partial charge on any atom is 0.254 e. The molecule has 0 spiro atoms. The monoisotopic (exact) mass is 386 g/mol. The van der Waals surface area contributed by atoms with Crippen LogP contribution in [0, 0.1) is 0 Å². The van der Waals surface area contributed by atoms with Gasteiger partial charge in [-0.3, -0.25) is 4.79 Å². The van der Waals surface area contributed by atoms with Gasteiger partial charge in [-0.1, -0.05) is 23.7 Å². The Kier molecular flexibility index (Phi) is 5.05. The lowest BCUT2D eigenvalue weighted by molar-refractivity contribution is -0.108. The summed E-state index contributed by atoms with van der Waals surface area (Å²) in [6.45, 7) is 1.99. The Labute approximate surface area is 161 Å². The molecule has 1 N–H and O–H groups in total. The number of aldehydes is 1. The number of amides is 1. The molecule has 0 bridgehead atoms. The number of rotatable bonds is 5. The highest BCUT2D eigenvalue weighted by atomic mass is 35.5. The van der Waals surface area contributed by atoms with Crippen molar-refractivity contribution in [1.82, 2.24) is 14.9 Å². The highest BCUT2D eigenvalue weighted by molar-refractivity contribution is 6.33. The van der Waals surface area contributed by atoms with Crippen LogP contribution in [0.1, 0.15) is 28.8 Å². The fourth-order valence-electron chi connectivity index (χ4n) is 3.41. The Morgan fingerprint density at radius 1 is 1.33 bits per heavy atom. The van der Waals surface area contributed by atoms with E-state index in [0.717, 1.165) is 43.5 Å². The normalized spacial score (nSPS) is 17.1. The van der Waals surface area contributed by atoms with Gasteiger partial charge in [-0.05, 0) is 24.5 Å². The molecule has 1 amide bonds. The highest BCUT2D eigenvalue weighted by Gasteiger charge is 2.27. The first-order chi connectivity index (χ1) is 13.2. The molecule has 140 valence electrons. The molecule has 27 heavy (non-hydrogen) atoms. The fourth-order valence-corrected chi connectivity index (χ4v) is 3.61. The van der Waals surface area contributed by atoms with Crippen LogP contribution in [0.15, 0.2) is 24.4 Å². The summed E-state index contributed by atoms with van der Waals surface area (Å²) in [6.07, 6.45) is 4.11. The summed E-state index contributed by atoms with van der Waals surface area (Å²) in [5.41, 5.74) is 2.81. The standard InChI is InChI=1S/C19H19ClN4O3/c20-16-10-21-19(22-14-3-7-27-8-4-14)23-17(16)12-1-2-13-11-24(5-6-25)18(26)15(13)9-12/h1-2,6,9-10,14H,3-5,7-8,11H2,(H,21,22,23). The molecule has 2 aliphatic rings. The average molecular weight is 387 g/mol. The number of hydrogen-bond acceptors (Lipinski definition) is 6. The minimum atomic E-state index is -0.148. The first-order valence-electron chi connectivity index (χ1n) is 8.88. The highest BCUT2D eigenvalue weighted by Crippen LogP contribution is 2.31. The number of anilines is 1. The number of ether oxygens (including phenoxy) is 1. The molecule has 3 heterocycles. The van der Waals surface area contributed by atoms with Gasteiger partial charge >= 0.3 is 0 Å². The third-order valence-corrected chi connectivity index (χ3v) is 5.13. The smallest absolute Gasteiger partial charge is 0.254 e. The summed E-state index contributed by atoms with van der Waals surface area (Å²) in [4.78, 5) is 33.6. The lowest BCUT2D eigenvalue weighted by atomic mass is 10.0. The van der Waals surface area contributed by atoms with Crippen LogP contribution in [0.4, 0.5) is 5.95 Å². The van der Waals surface area contributed by atoms with Gasteiger partial charge in [0.25, 0.3) is 5.91 Å². The summed E-state index contributed by atoms with van der Waals surface area (Å²) in [7, 11) is 0. The van der Waals surface area contributed by atoms with Crippen molar-refractivity contribution in [3.63, 3.8) is 0 Å². The molecule has 2 aliphatic heterocycles. The van der Waals surface area contributed by atoms with Crippen molar-refractivity contribution in [2.45, 2.75) is 25.4 Å². The second kappa shape index (κ2) is 7.62. The van der Waals surface area contributed by atoms with Gasteiger partial charge in [0.1, 0.15) is 6.29 Å². The average Bonchev–Trinajstić information content (AvgIpc) is 3.00. The minimum Gasteiger partial charge on any atom is -0.381 e. The maximum atomic E-state index is 12.5. The third kappa shape index (κ3) is 3.65. The van der Waals surface area contributed by atoms with Crippen LogP contribution >= 0.6 is 11.6 Å². The van der Waals surface area contributed by atoms with Gasteiger partial charge in [0, 0.05) is 36.9 Å². The number of benzene rings is 1. The lowest BCUT2D eigenvalue weighted by Gasteiger charge is -2.23. The van der Waals surface area contributed by atoms with Crippen molar-refractivity contribution in [1.29, 1.82) is 0 Å². The van der Waals surface area contributed by atoms with E-state index in [0.29, 0.717) is 28.8 Å². The lowest BCUT2D eigenvalue weighted by Crippen LogP contribution is -2.28. The van der Waals surface area contributed by atoms with Crippen molar-refractivity contribution in [2.75, 3.05) is 25.1 Å². The number of hydrogen-bond donors (Lipinski definition) is 1. The predicted molar refractivity (Wildman–Crippen MR) is 101 cm³/mol. The van der Waals surface area contributed by atoms with Crippen molar-refractivity contribution < 1.29 is 14.3 Å². The number of carbonyl (C=O) groups is 2. The van der Waals surface area contributed by atoms with Crippen molar-refractivity contribution in [2.24, 2.45) is 0 Å². The predicted octanol–water partition coefficient (Wildman–Crippen LogP) is 2.54. The van der Waals surface area contributed by atoms with Gasteiger partial charge in [0.15, 0.2) is 0 Å². The second-order valence-corrected chi connectivity index (χ2v) is 7.05. The van der Waals surface area contributed by atoms with Gasteiger partial charge in [-0.2, -0.15) is 0 Å². The molecule has 0 radical (unpaired) electrons. The van der Waals surface area contributed by atoms with Crippen LogP contribution in [0.3, 0.4) is 0 Å². The fraction of sp³-hybridized carbons (Fsp3) is 0.368. The topological polar surface area (TPSA) is 84.4 Å². The van der Waals surface area contributed by atoms with E-state index >= 15 is 0 Å². The molecular weight excluding hydrogens is 368 g/mol. The van der Waals surface area contributed by atoms with Gasteiger partial charge in [-0.25, -0.2) is 9.97 Å². The van der Waals surface area contributed by atoms with Crippen LogP contribution in [0.25, 0.3) is 11.3 Å². The summed E-state index contributed by atoms with van der Waals surface area (Å²) >= 11 is 6.32. The van der Waals surface area contributed by atoms with Crippen molar-refractivity contribution >= 4 is 29.7 Å². The number of nitrogens with zero attached hydrogens (tertiary/aromatic N) is 3. The molecule has 4 rings (SSSR count). The second-order valence-electron chi connectivity index (χ2n) is 6.65. The Hall–Kier alpha value is -2.51. The quantitative estimate of drug-likeness (QED) is 0.795. The van der Waals surface area contributed by atoms with E-state index in [1.54, 1.807) is 12.3 Å². The SMILES string of the molecule is O=CCN1Cc2ccc(-c3nc(NC4CCOCC4)ncc3Cl)cc2C1=O. The Balaban J connectivity index is 1.61. The van der Waals surface area contributed by atoms with Crippen molar-refractivity contribution in [3.05, 3.63) is 40.5 Å². The molecule has 8 heteroatoms. The molecular formula is C19H19ClN4O3. The number of fused-ring (bicyclic) bond motifs is 1. The Bertz CT molecular complexity index is 883. The van der Waals surface area contributed by atoms with E-state index < -0.39 is 0 Å². The zero-order valence-electron chi connectivity index (χ0n) is 14.7. The van der Waals surface area contributed by atoms with Gasteiger partial charge < -0.3 is 19.7 Å². The molecule has 0 saturated carbocycles. The first kappa shape index (κ1) is 17.9. The first-order valence-corrected chi connectivity index (χ1v) is 9.26. The molecule has 0 unspecified atom stereocenters. The minimum absolute atomic E-state index is 0.0935. The van der Waals surface area contributed by atoms with Gasteiger partial charge in [-0.15, -0.1) is 0 Å². The summed E-state index contributed by atoms with van der Waals surface area (Å²) in [5, 5.41) is 3.75. The number of aromatic nitrogens is 2. The molecule has 1 saturated heterocycles. The molecule has 7 nitrogen and oxygen atoms in total. The van der Waals surface area contributed by atoms with Gasteiger partial charge in [0.05, 0.1) is 23.5 Å². The largest absolute Gasteiger partial charge is 0.381 e. The van der Waals surface area contributed by atoms with E-state index in [2.05, 4.69) is 15.3 Å². The molecule has 1 fully saturated rings. The number of carbonyl (C=O) groups excluding carboxylic acids is 2. The zero-order chi connectivity index (χ0) is 18.8. The van der Waals surface area contributed by atoms with Crippen molar-refractivity contribution in [3.8, 4) is 11.3 Å². The van der Waals surface area contributed by atoms with E-state index in [9.17, 15) is 9.59 Å². The van der Waals surface area contributed by atoms with E-state index in [1.165, 1.54) is 4.90 Å². The molecule has 1 aromatic heterocycles. The Morgan fingerprint density at radius 2 is 2.15 bits per heavy atom. The van der Waals surface area contributed by atoms with Gasteiger partial charge in [0.2, 0.25) is 5.95 Å². The maximum absolute atomic E-state index is 12.5. The molecule has 2 aromatic rings. The van der Waals surface area contributed by atoms with E-state index in [4.69, 9.17) is 16.3 Å². The summed E-state index contributed by atoms with van der Waals surface area (Å²) < 4.78 is 5.37. The third-order valence-electron chi connectivity index (χ3n) is 4.86. The van der Waals surface area contributed by atoms with E-state index in [-0.39, 0.29) is 18.5 Å². The zero-order valence-corrected chi connectivity index (χ0v) is 15.4. The summed E-state index contributed by atoms with van der Waals surface area (Å²) in [6, 6.07) is 5.83. The van der Waals surface area contributed by atoms with Crippen LogP contribution < -0.4 is 5.32 Å². The molecule has 0 atom stereocenters. The molecule has 1 aromatic carbocycles. The van der Waals surface area contributed by atoms with E-state index in [1.807, 2.05) is 12.1 Å². The number of halogens is 1.